The maximum atomic E-state index is 11.7. The van der Waals surface area contributed by atoms with E-state index in [1.807, 2.05) is 6.92 Å². The lowest BCUT2D eigenvalue weighted by Gasteiger charge is -2.39. The van der Waals surface area contributed by atoms with Crippen molar-refractivity contribution in [3.63, 3.8) is 0 Å². The van der Waals surface area contributed by atoms with E-state index in [4.69, 9.17) is 4.74 Å². The SMILES string of the molecule is C=C(CC)C(=O)OC1(C)CCCCC1C. The molecule has 0 aromatic rings. The van der Waals surface area contributed by atoms with Gasteiger partial charge in [-0.2, -0.15) is 0 Å². The fourth-order valence-corrected chi connectivity index (χ4v) is 2.06. The highest BCUT2D eigenvalue weighted by Gasteiger charge is 2.37. The second kappa shape index (κ2) is 4.82. The molecule has 0 spiro atoms. The molecular weight excluding hydrogens is 188 g/mol. The van der Waals surface area contributed by atoms with E-state index in [0.29, 0.717) is 17.9 Å². The minimum absolute atomic E-state index is 0.214. The van der Waals surface area contributed by atoms with Crippen molar-refractivity contribution in [3.05, 3.63) is 12.2 Å². The molecule has 2 atom stereocenters. The van der Waals surface area contributed by atoms with Crippen LogP contribution in [-0.2, 0) is 9.53 Å². The number of carbonyl (C=O) groups excluding carboxylic acids is 1. The van der Waals surface area contributed by atoms with Gasteiger partial charge in [-0.25, -0.2) is 4.79 Å². The maximum Gasteiger partial charge on any atom is 0.333 e. The van der Waals surface area contributed by atoms with Crippen LogP contribution in [0.15, 0.2) is 12.2 Å². The van der Waals surface area contributed by atoms with E-state index in [9.17, 15) is 4.79 Å². The first-order chi connectivity index (χ1) is 6.99. The van der Waals surface area contributed by atoms with Gasteiger partial charge < -0.3 is 4.74 Å². The van der Waals surface area contributed by atoms with Crippen LogP contribution in [-0.4, -0.2) is 11.6 Å². The average molecular weight is 210 g/mol. The van der Waals surface area contributed by atoms with E-state index >= 15 is 0 Å². The molecule has 1 aliphatic carbocycles. The molecule has 0 aliphatic heterocycles. The van der Waals surface area contributed by atoms with Gasteiger partial charge in [0.25, 0.3) is 0 Å². The van der Waals surface area contributed by atoms with Gasteiger partial charge in [0, 0.05) is 5.57 Å². The average Bonchev–Trinajstić information content (AvgIpc) is 2.21. The normalized spacial score (nSPS) is 31.0. The van der Waals surface area contributed by atoms with Crippen molar-refractivity contribution in [2.24, 2.45) is 5.92 Å². The van der Waals surface area contributed by atoms with E-state index in [2.05, 4.69) is 20.4 Å². The molecule has 2 nitrogen and oxygen atoms in total. The molecule has 1 fully saturated rings. The summed E-state index contributed by atoms with van der Waals surface area (Å²) in [7, 11) is 0. The molecule has 2 unspecified atom stereocenters. The number of rotatable bonds is 3. The van der Waals surface area contributed by atoms with Crippen molar-refractivity contribution in [1.82, 2.24) is 0 Å². The van der Waals surface area contributed by atoms with Crippen molar-refractivity contribution >= 4 is 5.97 Å². The Kier molecular flexibility index (Phi) is 3.95. The Morgan fingerprint density at radius 2 is 2.20 bits per heavy atom. The van der Waals surface area contributed by atoms with Gasteiger partial charge in [-0.15, -0.1) is 0 Å². The van der Waals surface area contributed by atoms with Gasteiger partial charge in [-0.3, -0.25) is 0 Å². The quantitative estimate of drug-likeness (QED) is 0.526. The van der Waals surface area contributed by atoms with Gasteiger partial charge >= 0.3 is 5.97 Å². The highest BCUT2D eigenvalue weighted by molar-refractivity contribution is 5.87. The van der Waals surface area contributed by atoms with Gasteiger partial charge in [0.05, 0.1) is 0 Å². The van der Waals surface area contributed by atoms with Crippen molar-refractivity contribution in [2.75, 3.05) is 0 Å². The number of esters is 1. The Hall–Kier alpha value is -0.790. The van der Waals surface area contributed by atoms with Crippen molar-refractivity contribution < 1.29 is 9.53 Å². The molecule has 0 bridgehead atoms. The van der Waals surface area contributed by atoms with Gasteiger partial charge in [0.1, 0.15) is 5.60 Å². The lowest BCUT2D eigenvalue weighted by Crippen LogP contribution is -2.41. The summed E-state index contributed by atoms with van der Waals surface area (Å²) in [5.74, 6) is 0.244. The zero-order valence-electron chi connectivity index (χ0n) is 10.1. The molecule has 0 aromatic heterocycles. The Morgan fingerprint density at radius 3 is 2.73 bits per heavy atom. The second-order valence-corrected chi connectivity index (χ2v) is 4.81. The third-order valence-corrected chi connectivity index (χ3v) is 3.64. The van der Waals surface area contributed by atoms with Gasteiger partial charge in [0.15, 0.2) is 0 Å². The van der Waals surface area contributed by atoms with Crippen LogP contribution in [0.3, 0.4) is 0 Å². The fourth-order valence-electron chi connectivity index (χ4n) is 2.06. The van der Waals surface area contributed by atoms with Crippen LogP contribution >= 0.6 is 0 Å². The molecule has 86 valence electrons. The second-order valence-electron chi connectivity index (χ2n) is 4.81. The predicted octanol–water partition coefficient (Wildman–Crippen LogP) is 3.46. The maximum absolute atomic E-state index is 11.7. The van der Waals surface area contributed by atoms with Crippen LogP contribution in [0.5, 0.6) is 0 Å². The Balaban J connectivity index is 2.62. The van der Waals surface area contributed by atoms with Crippen LogP contribution in [0.2, 0.25) is 0 Å². The standard InChI is InChI=1S/C13H22O2/c1-5-10(2)12(14)15-13(4)9-7-6-8-11(13)3/h11H,2,5-9H2,1,3-4H3. The van der Waals surface area contributed by atoms with E-state index < -0.39 is 0 Å². The van der Waals surface area contributed by atoms with Crippen molar-refractivity contribution in [2.45, 2.75) is 58.5 Å². The van der Waals surface area contributed by atoms with Crippen LogP contribution in [0.4, 0.5) is 0 Å². The number of carbonyl (C=O) groups is 1. The first-order valence-corrected chi connectivity index (χ1v) is 5.90. The summed E-state index contributed by atoms with van der Waals surface area (Å²) in [6.45, 7) is 9.87. The molecule has 15 heavy (non-hydrogen) atoms. The molecule has 0 saturated heterocycles. The number of ether oxygens (including phenoxy) is 1. The zero-order chi connectivity index (χ0) is 11.5. The van der Waals surface area contributed by atoms with E-state index in [1.165, 1.54) is 6.42 Å². The number of hydrogen-bond donors (Lipinski definition) is 0. The smallest absolute Gasteiger partial charge is 0.333 e. The van der Waals surface area contributed by atoms with Crippen molar-refractivity contribution in [1.29, 1.82) is 0 Å². The first-order valence-electron chi connectivity index (χ1n) is 5.90. The predicted molar refractivity (Wildman–Crippen MR) is 61.6 cm³/mol. The number of hydrogen-bond acceptors (Lipinski definition) is 2. The Bertz CT molecular complexity index is 257. The molecule has 0 radical (unpaired) electrons. The molecule has 0 heterocycles. The topological polar surface area (TPSA) is 26.3 Å². The molecular formula is C13H22O2. The third-order valence-electron chi connectivity index (χ3n) is 3.64. The fraction of sp³-hybridized carbons (Fsp3) is 0.769. The molecule has 0 N–H and O–H groups in total. The summed E-state index contributed by atoms with van der Waals surface area (Å²) in [5.41, 5.74) is 0.307. The Labute approximate surface area is 92.7 Å². The summed E-state index contributed by atoms with van der Waals surface area (Å²) < 4.78 is 5.61. The largest absolute Gasteiger partial charge is 0.456 e. The first kappa shape index (κ1) is 12.3. The van der Waals surface area contributed by atoms with Gasteiger partial charge in [-0.05, 0) is 38.5 Å². The van der Waals surface area contributed by atoms with Gasteiger partial charge in [-0.1, -0.05) is 26.8 Å². The van der Waals surface area contributed by atoms with E-state index in [1.54, 1.807) is 0 Å². The zero-order valence-corrected chi connectivity index (χ0v) is 10.1. The molecule has 0 aromatic carbocycles. The van der Waals surface area contributed by atoms with Crippen molar-refractivity contribution in [3.8, 4) is 0 Å². The minimum Gasteiger partial charge on any atom is -0.456 e. The summed E-state index contributed by atoms with van der Waals surface area (Å²) in [6.07, 6.45) is 5.22. The molecule has 0 amide bonds. The lowest BCUT2D eigenvalue weighted by atomic mass is 9.77. The molecule has 1 rings (SSSR count). The van der Waals surface area contributed by atoms with Crippen LogP contribution < -0.4 is 0 Å². The highest BCUT2D eigenvalue weighted by Crippen LogP contribution is 2.36. The lowest BCUT2D eigenvalue weighted by molar-refractivity contribution is -0.162. The van der Waals surface area contributed by atoms with Crippen LogP contribution in [0.25, 0.3) is 0 Å². The summed E-state index contributed by atoms with van der Waals surface area (Å²) in [5, 5.41) is 0. The minimum atomic E-state index is -0.270. The molecule has 2 heteroatoms. The Morgan fingerprint density at radius 1 is 1.53 bits per heavy atom. The molecule has 1 aliphatic rings. The van der Waals surface area contributed by atoms with Gasteiger partial charge in [0.2, 0.25) is 0 Å². The highest BCUT2D eigenvalue weighted by atomic mass is 16.6. The third kappa shape index (κ3) is 2.83. The molecule has 1 saturated carbocycles. The summed E-state index contributed by atoms with van der Waals surface area (Å²) >= 11 is 0. The summed E-state index contributed by atoms with van der Waals surface area (Å²) in [6, 6.07) is 0. The van der Waals surface area contributed by atoms with E-state index in [0.717, 1.165) is 19.3 Å². The monoisotopic (exact) mass is 210 g/mol. The van der Waals surface area contributed by atoms with E-state index in [-0.39, 0.29) is 11.6 Å². The van der Waals surface area contributed by atoms with Crippen LogP contribution in [0.1, 0.15) is 52.9 Å². The van der Waals surface area contributed by atoms with Crippen LogP contribution in [0, 0.1) is 5.92 Å². The summed E-state index contributed by atoms with van der Waals surface area (Å²) in [4.78, 5) is 11.7.